The first-order valence-electron chi connectivity index (χ1n) is 13.8. The first-order chi connectivity index (χ1) is 19.7. The Hall–Kier alpha value is -4.91. The number of hydrogen-bond acceptors (Lipinski definition) is 6. The molecule has 0 radical (unpaired) electrons. The van der Waals surface area contributed by atoms with Crippen LogP contribution in [-0.2, 0) is 6.42 Å². The average Bonchev–Trinajstić information content (AvgIpc) is 3.65. The van der Waals surface area contributed by atoms with Gasteiger partial charge >= 0.3 is 0 Å². The molecule has 2 aliphatic heterocycles. The van der Waals surface area contributed by atoms with Crippen molar-refractivity contribution in [2.75, 3.05) is 10.2 Å². The molecule has 2 aromatic heterocycles. The summed E-state index contributed by atoms with van der Waals surface area (Å²) in [6, 6.07) is 30.6. The first-order valence-corrected chi connectivity index (χ1v) is 13.8. The van der Waals surface area contributed by atoms with Crippen LogP contribution >= 0.6 is 0 Å². The monoisotopic (exact) mass is 526 g/mol. The molecule has 5 aromatic rings. The SMILES string of the molecule is CCCCc1ccc(NC2=Nc3ccccc3N3C2=Nc2c(c(C)nn2-c2ccccc2)C3c2ccco2)cc1. The van der Waals surface area contributed by atoms with Gasteiger partial charge in [0.1, 0.15) is 11.8 Å². The van der Waals surface area contributed by atoms with Gasteiger partial charge in [0.25, 0.3) is 0 Å². The van der Waals surface area contributed by atoms with Crippen molar-refractivity contribution in [1.82, 2.24) is 9.78 Å². The van der Waals surface area contributed by atoms with Crippen LogP contribution in [0.15, 0.2) is 112 Å². The van der Waals surface area contributed by atoms with Crippen LogP contribution in [0, 0.1) is 6.92 Å². The predicted molar refractivity (Wildman–Crippen MR) is 161 cm³/mol. The van der Waals surface area contributed by atoms with Crippen LogP contribution in [0.2, 0.25) is 0 Å². The van der Waals surface area contributed by atoms with E-state index in [9.17, 15) is 0 Å². The number of aryl methyl sites for hydroxylation is 2. The van der Waals surface area contributed by atoms with Gasteiger partial charge in [-0.25, -0.2) is 14.7 Å². The lowest BCUT2D eigenvalue weighted by atomic mass is 9.98. The Kier molecular flexibility index (Phi) is 6.04. The Morgan fingerprint density at radius 1 is 0.875 bits per heavy atom. The van der Waals surface area contributed by atoms with Crippen LogP contribution in [0.5, 0.6) is 0 Å². The maximum atomic E-state index is 6.07. The molecule has 0 saturated carbocycles. The standard InChI is InChI=1S/C33H30N6O/c1-3-4-11-23-17-19-24(20-18-23)34-31-33-36-32-29(22(2)37-39(32)25-12-6-5-7-13-25)30(28-16-10-21-40-28)38(33)27-15-9-8-14-26(27)35-31/h5-10,12-21,30H,3-4,11H2,1-2H3,(H,34,35). The van der Waals surface area contributed by atoms with Crippen molar-refractivity contribution in [1.29, 1.82) is 0 Å². The molecule has 4 heterocycles. The molecule has 0 aliphatic carbocycles. The molecular formula is C33H30N6O. The second-order valence-electron chi connectivity index (χ2n) is 10.2. The molecule has 0 amide bonds. The van der Waals surface area contributed by atoms with Crippen LogP contribution < -0.4 is 10.2 Å². The van der Waals surface area contributed by atoms with Gasteiger partial charge in [-0.3, -0.25) is 0 Å². The minimum atomic E-state index is -0.264. The Morgan fingerprint density at radius 3 is 2.45 bits per heavy atom. The maximum Gasteiger partial charge on any atom is 0.179 e. The number of benzene rings is 3. The number of anilines is 2. The first kappa shape index (κ1) is 24.2. The van der Waals surface area contributed by atoms with E-state index in [-0.39, 0.29) is 6.04 Å². The molecule has 0 bridgehead atoms. The van der Waals surface area contributed by atoms with Gasteiger partial charge in [-0.05, 0) is 73.9 Å². The summed E-state index contributed by atoms with van der Waals surface area (Å²) in [7, 11) is 0. The number of unbranched alkanes of at least 4 members (excludes halogenated alkanes) is 1. The molecule has 7 rings (SSSR count). The summed E-state index contributed by atoms with van der Waals surface area (Å²) in [4.78, 5) is 12.6. The number of fused-ring (bicyclic) bond motifs is 4. The van der Waals surface area contributed by atoms with E-state index in [1.165, 1.54) is 18.4 Å². The summed E-state index contributed by atoms with van der Waals surface area (Å²) < 4.78 is 7.99. The van der Waals surface area contributed by atoms with Crippen molar-refractivity contribution in [3.8, 4) is 5.69 Å². The lowest BCUT2D eigenvalue weighted by molar-refractivity contribution is 0.487. The third kappa shape index (κ3) is 4.11. The van der Waals surface area contributed by atoms with Crippen molar-refractivity contribution in [3.63, 3.8) is 0 Å². The number of nitrogens with zero attached hydrogens (tertiary/aromatic N) is 5. The van der Waals surface area contributed by atoms with E-state index in [2.05, 4.69) is 47.5 Å². The normalized spacial score (nSPS) is 15.6. The number of hydrogen-bond donors (Lipinski definition) is 1. The highest BCUT2D eigenvalue weighted by Gasteiger charge is 2.42. The summed E-state index contributed by atoms with van der Waals surface area (Å²) in [5.74, 6) is 3.00. The van der Waals surface area contributed by atoms with Crippen molar-refractivity contribution in [2.45, 2.75) is 39.2 Å². The number of furan rings is 1. The maximum absolute atomic E-state index is 6.07. The minimum absolute atomic E-state index is 0.264. The third-order valence-electron chi connectivity index (χ3n) is 7.49. The van der Waals surface area contributed by atoms with Gasteiger partial charge in [0.15, 0.2) is 17.5 Å². The second-order valence-corrected chi connectivity index (χ2v) is 10.2. The molecule has 0 fully saturated rings. The van der Waals surface area contributed by atoms with Crippen molar-refractivity contribution >= 4 is 34.6 Å². The summed E-state index contributed by atoms with van der Waals surface area (Å²) in [5.41, 5.74) is 7.02. The lowest BCUT2D eigenvalue weighted by Gasteiger charge is -2.39. The quantitative estimate of drug-likeness (QED) is 0.244. The molecular weight excluding hydrogens is 496 g/mol. The van der Waals surface area contributed by atoms with Crippen LogP contribution in [0.1, 0.15) is 48.4 Å². The van der Waals surface area contributed by atoms with Gasteiger partial charge in [-0.15, -0.1) is 0 Å². The Balaban J connectivity index is 1.40. The Labute approximate surface area is 233 Å². The van der Waals surface area contributed by atoms with Crippen LogP contribution in [0.3, 0.4) is 0 Å². The number of nitrogens with one attached hydrogen (secondary N) is 1. The van der Waals surface area contributed by atoms with Gasteiger partial charge in [-0.2, -0.15) is 5.10 Å². The zero-order valence-electron chi connectivity index (χ0n) is 22.6. The fourth-order valence-electron chi connectivity index (χ4n) is 5.54. The molecule has 40 heavy (non-hydrogen) atoms. The topological polar surface area (TPSA) is 71.0 Å². The van der Waals surface area contributed by atoms with E-state index in [1.807, 2.05) is 72.3 Å². The third-order valence-corrected chi connectivity index (χ3v) is 7.49. The molecule has 1 N–H and O–H groups in total. The van der Waals surface area contributed by atoms with Crippen LogP contribution in [-0.4, -0.2) is 21.5 Å². The summed E-state index contributed by atoms with van der Waals surface area (Å²) >= 11 is 0. The Morgan fingerprint density at radius 2 is 1.68 bits per heavy atom. The molecule has 1 unspecified atom stereocenters. The largest absolute Gasteiger partial charge is 0.467 e. The smallest absolute Gasteiger partial charge is 0.179 e. The second kappa shape index (κ2) is 10.0. The number of para-hydroxylation sites is 3. The molecule has 3 aromatic carbocycles. The fraction of sp³-hybridized carbons (Fsp3) is 0.182. The number of amidine groups is 2. The van der Waals surface area contributed by atoms with E-state index >= 15 is 0 Å². The average molecular weight is 527 g/mol. The van der Waals surface area contributed by atoms with Crippen molar-refractivity contribution in [3.05, 3.63) is 120 Å². The van der Waals surface area contributed by atoms with Gasteiger partial charge in [-0.1, -0.05) is 55.8 Å². The van der Waals surface area contributed by atoms with Crippen LogP contribution in [0.25, 0.3) is 5.69 Å². The zero-order chi connectivity index (χ0) is 27.1. The molecule has 198 valence electrons. The summed E-state index contributed by atoms with van der Waals surface area (Å²) in [5, 5.41) is 8.54. The summed E-state index contributed by atoms with van der Waals surface area (Å²) in [6.45, 7) is 4.26. The number of aromatic nitrogens is 2. The lowest BCUT2D eigenvalue weighted by Crippen LogP contribution is -2.46. The summed E-state index contributed by atoms with van der Waals surface area (Å²) in [6.07, 6.45) is 5.18. The number of aliphatic imine (C=N–C) groups is 2. The van der Waals surface area contributed by atoms with E-state index in [0.29, 0.717) is 5.84 Å². The van der Waals surface area contributed by atoms with Gasteiger partial charge in [0.05, 0.1) is 34.6 Å². The van der Waals surface area contributed by atoms with E-state index in [0.717, 1.165) is 57.8 Å². The van der Waals surface area contributed by atoms with Crippen LogP contribution in [0.4, 0.5) is 22.9 Å². The highest BCUT2D eigenvalue weighted by atomic mass is 16.3. The van der Waals surface area contributed by atoms with Gasteiger partial charge in [0, 0.05) is 5.69 Å². The number of rotatable bonds is 6. The van der Waals surface area contributed by atoms with E-state index in [1.54, 1.807) is 6.26 Å². The predicted octanol–water partition coefficient (Wildman–Crippen LogP) is 7.91. The van der Waals surface area contributed by atoms with E-state index < -0.39 is 0 Å². The fourth-order valence-corrected chi connectivity index (χ4v) is 5.54. The van der Waals surface area contributed by atoms with Gasteiger partial charge in [0.2, 0.25) is 0 Å². The molecule has 0 saturated heterocycles. The molecule has 7 nitrogen and oxygen atoms in total. The molecule has 2 aliphatic rings. The Bertz CT molecular complexity index is 1710. The highest BCUT2D eigenvalue weighted by molar-refractivity contribution is 6.51. The molecule has 0 spiro atoms. The molecule has 1 atom stereocenters. The molecule has 7 heteroatoms. The highest BCUT2D eigenvalue weighted by Crippen LogP contribution is 2.48. The van der Waals surface area contributed by atoms with Crippen molar-refractivity contribution < 1.29 is 4.42 Å². The van der Waals surface area contributed by atoms with Gasteiger partial charge < -0.3 is 14.6 Å². The zero-order valence-corrected chi connectivity index (χ0v) is 22.6. The minimum Gasteiger partial charge on any atom is -0.467 e. The van der Waals surface area contributed by atoms with Crippen molar-refractivity contribution in [2.24, 2.45) is 9.98 Å². The van der Waals surface area contributed by atoms with E-state index in [4.69, 9.17) is 19.5 Å².